The molecule has 0 unspecified atom stereocenters. The second-order valence-electron chi connectivity index (χ2n) is 9.17. The number of anilines is 2. The van der Waals surface area contributed by atoms with Gasteiger partial charge in [-0.3, -0.25) is 4.79 Å². The van der Waals surface area contributed by atoms with Gasteiger partial charge in [0.25, 0.3) is 0 Å². The lowest BCUT2D eigenvalue weighted by atomic mass is 9.96. The summed E-state index contributed by atoms with van der Waals surface area (Å²) in [6.45, 7) is 14.0. The molecule has 7 heteroatoms. The number of para-hydroxylation sites is 2. The summed E-state index contributed by atoms with van der Waals surface area (Å²) < 4.78 is 5.44. The van der Waals surface area contributed by atoms with Crippen molar-refractivity contribution >= 4 is 23.4 Å². The van der Waals surface area contributed by atoms with E-state index in [1.807, 2.05) is 39.0 Å². The van der Waals surface area contributed by atoms with Crippen LogP contribution in [0.4, 0.5) is 16.2 Å². The number of piperazine rings is 1. The van der Waals surface area contributed by atoms with Gasteiger partial charge in [0.1, 0.15) is 5.60 Å². The lowest BCUT2D eigenvalue weighted by Crippen LogP contribution is -2.46. The highest BCUT2D eigenvalue weighted by Crippen LogP contribution is 2.28. The number of likely N-dealkylation sites (N-methyl/N-ethyl adjacent to an activating group) is 1. The molecule has 2 heterocycles. The highest BCUT2D eigenvalue weighted by atomic mass is 16.6. The van der Waals surface area contributed by atoms with Crippen LogP contribution in [0.5, 0.6) is 0 Å². The molecule has 2 amide bonds. The van der Waals surface area contributed by atoms with Crippen molar-refractivity contribution < 1.29 is 14.3 Å². The molecule has 0 radical (unpaired) electrons. The Balaban J connectivity index is 1.55. The zero-order valence-corrected chi connectivity index (χ0v) is 18.8. The van der Waals surface area contributed by atoms with E-state index in [1.54, 1.807) is 4.90 Å². The molecule has 30 heavy (non-hydrogen) atoms. The van der Waals surface area contributed by atoms with Gasteiger partial charge >= 0.3 is 6.09 Å². The van der Waals surface area contributed by atoms with Gasteiger partial charge in [-0.2, -0.15) is 0 Å². The number of nitrogens with zero attached hydrogens (tertiary/aromatic N) is 3. The maximum atomic E-state index is 12.9. The molecule has 1 aromatic carbocycles. The third kappa shape index (κ3) is 5.88. The maximum absolute atomic E-state index is 12.9. The molecule has 2 fully saturated rings. The molecule has 0 aromatic heterocycles. The van der Waals surface area contributed by atoms with Crippen molar-refractivity contribution in [3.05, 3.63) is 24.3 Å². The number of ether oxygens (including phenoxy) is 1. The minimum Gasteiger partial charge on any atom is -0.444 e. The van der Waals surface area contributed by atoms with Gasteiger partial charge in [-0.25, -0.2) is 4.79 Å². The zero-order valence-electron chi connectivity index (χ0n) is 18.8. The summed E-state index contributed by atoms with van der Waals surface area (Å²) in [4.78, 5) is 31.7. The highest BCUT2D eigenvalue weighted by Gasteiger charge is 2.30. The van der Waals surface area contributed by atoms with Gasteiger partial charge in [0.15, 0.2) is 0 Å². The fourth-order valence-corrected chi connectivity index (χ4v) is 4.05. The average Bonchev–Trinajstić information content (AvgIpc) is 2.73. The number of rotatable bonds is 4. The standard InChI is InChI=1S/C23H36N4O3/c1-5-25-14-16-26(17-15-25)20-9-7-6-8-19(20)24-21(28)18-10-12-27(13-11-18)22(29)30-23(2,3)4/h6-9,18H,5,10-17H2,1-4H3,(H,24,28). The molecule has 2 saturated heterocycles. The number of nitrogens with one attached hydrogen (secondary N) is 1. The van der Waals surface area contributed by atoms with Crippen LogP contribution in [0.3, 0.4) is 0 Å². The number of piperidine rings is 1. The number of hydrogen-bond acceptors (Lipinski definition) is 5. The van der Waals surface area contributed by atoms with E-state index in [0.29, 0.717) is 25.9 Å². The quantitative estimate of drug-likeness (QED) is 0.815. The molecular weight excluding hydrogens is 380 g/mol. The Kier molecular flexibility index (Phi) is 7.23. The molecule has 166 valence electrons. The van der Waals surface area contributed by atoms with Crippen LogP contribution < -0.4 is 10.2 Å². The van der Waals surface area contributed by atoms with Gasteiger partial charge in [-0.15, -0.1) is 0 Å². The Morgan fingerprint density at radius 2 is 1.67 bits per heavy atom. The highest BCUT2D eigenvalue weighted by molar-refractivity contribution is 5.96. The summed E-state index contributed by atoms with van der Waals surface area (Å²) in [7, 11) is 0. The van der Waals surface area contributed by atoms with E-state index < -0.39 is 5.60 Å². The number of amides is 2. The Bertz CT molecular complexity index is 730. The number of carbonyl (C=O) groups excluding carboxylic acids is 2. The van der Waals surface area contributed by atoms with E-state index in [0.717, 1.165) is 44.1 Å². The first kappa shape index (κ1) is 22.4. The largest absolute Gasteiger partial charge is 0.444 e. The second kappa shape index (κ2) is 9.69. The molecular formula is C23H36N4O3. The van der Waals surface area contributed by atoms with E-state index in [2.05, 4.69) is 28.1 Å². The minimum atomic E-state index is -0.502. The predicted octanol–water partition coefficient (Wildman–Crippen LogP) is 3.41. The van der Waals surface area contributed by atoms with Gasteiger partial charge in [0.2, 0.25) is 5.91 Å². The minimum absolute atomic E-state index is 0.0403. The number of benzene rings is 1. The molecule has 0 aliphatic carbocycles. The van der Waals surface area contributed by atoms with Crippen LogP contribution in [0.1, 0.15) is 40.5 Å². The van der Waals surface area contributed by atoms with Gasteiger partial charge < -0.3 is 24.8 Å². The van der Waals surface area contributed by atoms with Gasteiger partial charge in [0, 0.05) is 45.2 Å². The van der Waals surface area contributed by atoms with Crippen LogP contribution in [0.25, 0.3) is 0 Å². The van der Waals surface area contributed by atoms with Crippen LogP contribution >= 0.6 is 0 Å². The molecule has 3 rings (SSSR count). The predicted molar refractivity (Wildman–Crippen MR) is 120 cm³/mol. The van der Waals surface area contributed by atoms with Crippen molar-refractivity contribution in [3.63, 3.8) is 0 Å². The van der Waals surface area contributed by atoms with Crippen molar-refractivity contribution in [3.8, 4) is 0 Å². The first-order valence-corrected chi connectivity index (χ1v) is 11.1. The molecule has 0 saturated carbocycles. The number of hydrogen-bond donors (Lipinski definition) is 1. The lowest BCUT2D eigenvalue weighted by Gasteiger charge is -2.36. The third-order valence-electron chi connectivity index (χ3n) is 5.84. The topological polar surface area (TPSA) is 65.1 Å². The first-order chi connectivity index (χ1) is 14.3. The van der Waals surface area contributed by atoms with Crippen molar-refractivity contribution in [1.82, 2.24) is 9.80 Å². The molecule has 2 aliphatic rings. The van der Waals surface area contributed by atoms with Crippen molar-refractivity contribution in [2.24, 2.45) is 5.92 Å². The van der Waals surface area contributed by atoms with E-state index in [-0.39, 0.29) is 17.9 Å². The first-order valence-electron chi connectivity index (χ1n) is 11.1. The zero-order chi connectivity index (χ0) is 21.7. The smallest absolute Gasteiger partial charge is 0.410 e. The normalized spacial score (nSPS) is 18.9. The second-order valence-corrected chi connectivity index (χ2v) is 9.17. The molecule has 0 bridgehead atoms. The lowest BCUT2D eigenvalue weighted by molar-refractivity contribution is -0.121. The van der Waals surface area contributed by atoms with E-state index in [1.165, 1.54) is 0 Å². The fraction of sp³-hybridized carbons (Fsp3) is 0.652. The molecule has 0 atom stereocenters. The maximum Gasteiger partial charge on any atom is 0.410 e. The van der Waals surface area contributed by atoms with Gasteiger partial charge in [-0.1, -0.05) is 19.1 Å². The summed E-state index contributed by atoms with van der Waals surface area (Å²) in [5.74, 6) is -0.0489. The van der Waals surface area contributed by atoms with Crippen LogP contribution in [-0.4, -0.2) is 73.2 Å². The number of carbonyl (C=O) groups is 2. The Morgan fingerprint density at radius 1 is 1.03 bits per heavy atom. The number of likely N-dealkylation sites (tertiary alicyclic amines) is 1. The van der Waals surface area contributed by atoms with Gasteiger partial charge in [0.05, 0.1) is 11.4 Å². The van der Waals surface area contributed by atoms with Crippen LogP contribution in [0.15, 0.2) is 24.3 Å². The summed E-state index contributed by atoms with van der Waals surface area (Å²) in [5, 5.41) is 3.16. The van der Waals surface area contributed by atoms with Crippen LogP contribution in [0.2, 0.25) is 0 Å². The molecule has 2 aliphatic heterocycles. The summed E-state index contributed by atoms with van der Waals surface area (Å²) >= 11 is 0. The van der Waals surface area contributed by atoms with Crippen molar-refractivity contribution in [1.29, 1.82) is 0 Å². The van der Waals surface area contributed by atoms with E-state index >= 15 is 0 Å². The summed E-state index contributed by atoms with van der Waals surface area (Å²) in [5.41, 5.74) is 1.47. The fourth-order valence-electron chi connectivity index (χ4n) is 4.05. The molecule has 1 aromatic rings. The Hall–Kier alpha value is -2.28. The van der Waals surface area contributed by atoms with Crippen LogP contribution in [-0.2, 0) is 9.53 Å². The summed E-state index contributed by atoms with van der Waals surface area (Å²) in [6.07, 6.45) is 1.02. The monoisotopic (exact) mass is 416 g/mol. The molecule has 1 N–H and O–H groups in total. The van der Waals surface area contributed by atoms with Crippen molar-refractivity contribution in [2.45, 2.75) is 46.1 Å². The Morgan fingerprint density at radius 3 is 2.27 bits per heavy atom. The third-order valence-corrected chi connectivity index (χ3v) is 5.84. The van der Waals surface area contributed by atoms with Crippen LogP contribution in [0, 0.1) is 5.92 Å². The van der Waals surface area contributed by atoms with Gasteiger partial charge in [-0.05, 0) is 52.3 Å². The Labute approximate surface area is 180 Å². The van der Waals surface area contributed by atoms with Crippen molar-refractivity contribution in [2.75, 3.05) is 56.0 Å². The molecule has 0 spiro atoms. The molecule has 7 nitrogen and oxygen atoms in total. The summed E-state index contributed by atoms with van der Waals surface area (Å²) in [6, 6.07) is 8.06. The van der Waals surface area contributed by atoms with E-state index in [4.69, 9.17) is 4.74 Å². The average molecular weight is 417 g/mol. The van der Waals surface area contributed by atoms with E-state index in [9.17, 15) is 9.59 Å². The SMILES string of the molecule is CCN1CCN(c2ccccc2NC(=O)C2CCN(C(=O)OC(C)(C)C)CC2)CC1.